The first kappa shape index (κ1) is 11.8. The van der Waals surface area contributed by atoms with Crippen LogP contribution in [0, 0.1) is 0 Å². The van der Waals surface area contributed by atoms with Crippen LogP contribution >= 0.6 is 0 Å². The Balaban J connectivity index is 2.38. The Morgan fingerprint density at radius 3 is 2.29 bits per heavy atom. The molecular formula is C12H12N2O2S. The number of hydrogen-bond acceptors (Lipinski definition) is 3. The van der Waals surface area contributed by atoms with E-state index in [4.69, 9.17) is 0 Å². The predicted molar refractivity (Wildman–Crippen MR) is 65.9 cm³/mol. The first-order chi connectivity index (χ1) is 8.13. The molecule has 5 heteroatoms. The number of aromatic nitrogens is 1. The molecule has 88 valence electrons. The van der Waals surface area contributed by atoms with Gasteiger partial charge in [0.2, 0.25) is 10.0 Å². The van der Waals surface area contributed by atoms with Crippen LogP contribution in [0.5, 0.6) is 0 Å². The number of pyridine rings is 1. The van der Waals surface area contributed by atoms with Crippen molar-refractivity contribution in [1.29, 1.82) is 0 Å². The summed E-state index contributed by atoms with van der Waals surface area (Å²) in [7, 11) is -1.97. The van der Waals surface area contributed by atoms with Crippen molar-refractivity contribution >= 4 is 10.0 Å². The molecule has 0 aliphatic carbocycles. The summed E-state index contributed by atoms with van der Waals surface area (Å²) >= 11 is 0. The molecule has 0 radical (unpaired) electrons. The van der Waals surface area contributed by atoms with Gasteiger partial charge in [0.15, 0.2) is 0 Å². The van der Waals surface area contributed by atoms with Crippen molar-refractivity contribution < 1.29 is 8.42 Å². The van der Waals surface area contributed by atoms with Crippen LogP contribution in [0.1, 0.15) is 0 Å². The van der Waals surface area contributed by atoms with E-state index in [9.17, 15) is 8.42 Å². The van der Waals surface area contributed by atoms with Gasteiger partial charge >= 0.3 is 0 Å². The quantitative estimate of drug-likeness (QED) is 0.898. The van der Waals surface area contributed by atoms with E-state index in [-0.39, 0.29) is 4.90 Å². The minimum atomic E-state index is -3.36. The van der Waals surface area contributed by atoms with Gasteiger partial charge in [0.1, 0.15) is 0 Å². The van der Waals surface area contributed by atoms with Gasteiger partial charge in [-0.2, -0.15) is 0 Å². The normalized spacial score (nSPS) is 11.4. The zero-order valence-corrected chi connectivity index (χ0v) is 10.1. The highest BCUT2D eigenvalue weighted by atomic mass is 32.2. The summed E-state index contributed by atoms with van der Waals surface area (Å²) in [5.41, 5.74) is 1.90. The molecule has 17 heavy (non-hydrogen) atoms. The number of sulfonamides is 1. The Morgan fingerprint density at radius 2 is 1.76 bits per heavy atom. The Hall–Kier alpha value is -1.72. The van der Waals surface area contributed by atoms with Crippen LogP contribution in [-0.4, -0.2) is 20.4 Å². The third-order valence-corrected chi connectivity index (χ3v) is 3.86. The maximum Gasteiger partial charge on any atom is 0.240 e. The average Bonchev–Trinajstić information content (AvgIpc) is 2.40. The van der Waals surface area contributed by atoms with Crippen LogP contribution in [0.3, 0.4) is 0 Å². The van der Waals surface area contributed by atoms with E-state index in [1.165, 1.54) is 7.05 Å². The van der Waals surface area contributed by atoms with E-state index in [1.807, 2.05) is 12.1 Å². The molecule has 4 nitrogen and oxygen atoms in total. The first-order valence-electron chi connectivity index (χ1n) is 5.07. The van der Waals surface area contributed by atoms with Gasteiger partial charge in [-0.25, -0.2) is 13.1 Å². The van der Waals surface area contributed by atoms with Crippen molar-refractivity contribution in [2.24, 2.45) is 0 Å². The summed E-state index contributed by atoms with van der Waals surface area (Å²) in [6.45, 7) is 0. The lowest BCUT2D eigenvalue weighted by molar-refractivity contribution is 0.588. The Morgan fingerprint density at radius 1 is 1.06 bits per heavy atom. The summed E-state index contributed by atoms with van der Waals surface area (Å²) in [4.78, 5) is 4.27. The van der Waals surface area contributed by atoms with E-state index in [0.29, 0.717) is 0 Å². The van der Waals surface area contributed by atoms with Crippen molar-refractivity contribution in [3.05, 3.63) is 48.8 Å². The molecule has 0 aliphatic heterocycles. The molecule has 0 aliphatic rings. The summed E-state index contributed by atoms with van der Waals surface area (Å²) in [6, 6.07) is 10.5. The molecule has 0 bridgehead atoms. The number of nitrogens with zero attached hydrogens (tertiary/aromatic N) is 1. The van der Waals surface area contributed by atoms with Crippen molar-refractivity contribution in [1.82, 2.24) is 9.71 Å². The van der Waals surface area contributed by atoms with E-state index in [0.717, 1.165) is 11.1 Å². The molecule has 0 spiro atoms. The Bertz CT molecular complexity index is 592. The van der Waals surface area contributed by atoms with E-state index < -0.39 is 10.0 Å². The van der Waals surface area contributed by atoms with Crippen LogP contribution in [0.15, 0.2) is 53.7 Å². The number of benzene rings is 1. The highest BCUT2D eigenvalue weighted by Gasteiger charge is 2.10. The standard InChI is InChI=1S/C12H12N2O2S/c1-13-17(15,16)12-6-4-10(5-7-12)11-3-2-8-14-9-11/h2-9,13H,1H3. The first-order valence-corrected chi connectivity index (χ1v) is 6.56. The molecule has 0 amide bonds. The molecule has 0 saturated carbocycles. The van der Waals surface area contributed by atoms with Crippen molar-refractivity contribution in [3.63, 3.8) is 0 Å². The number of rotatable bonds is 3. The maximum absolute atomic E-state index is 11.5. The monoisotopic (exact) mass is 248 g/mol. The van der Waals surface area contributed by atoms with Crippen LogP contribution in [0.25, 0.3) is 11.1 Å². The molecular weight excluding hydrogens is 236 g/mol. The minimum absolute atomic E-state index is 0.257. The Kier molecular flexibility index (Phi) is 3.21. The van der Waals surface area contributed by atoms with Gasteiger partial charge in [0.25, 0.3) is 0 Å². The van der Waals surface area contributed by atoms with Gasteiger partial charge in [-0.05, 0) is 36.4 Å². The van der Waals surface area contributed by atoms with Gasteiger partial charge in [-0.1, -0.05) is 18.2 Å². The second kappa shape index (κ2) is 4.65. The van der Waals surface area contributed by atoms with Gasteiger partial charge in [0.05, 0.1) is 4.90 Å². The predicted octanol–water partition coefficient (Wildman–Crippen LogP) is 1.66. The Labute approximate surface area is 100 Å². The molecule has 1 heterocycles. The molecule has 0 atom stereocenters. The molecule has 2 rings (SSSR count). The summed E-state index contributed by atoms with van der Waals surface area (Å²) in [5.74, 6) is 0. The molecule has 1 aromatic heterocycles. The van der Waals surface area contributed by atoms with Crippen molar-refractivity contribution in [2.45, 2.75) is 4.90 Å². The highest BCUT2D eigenvalue weighted by molar-refractivity contribution is 7.89. The third-order valence-electron chi connectivity index (χ3n) is 2.43. The molecule has 1 N–H and O–H groups in total. The van der Waals surface area contributed by atoms with Crippen molar-refractivity contribution in [2.75, 3.05) is 7.05 Å². The number of hydrogen-bond donors (Lipinski definition) is 1. The maximum atomic E-state index is 11.5. The van der Waals surface area contributed by atoms with Crippen LogP contribution in [0.4, 0.5) is 0 Å². The SMILES string of the molecule is CNS(=O)(=O)c1ccc(-c2cccnc2)cc1. The second-order valence-corrected chi connectivity index (χ2v) is 5.36. The summed E-state index contributed by atoms with van der Waals surface area (Å²) in [5, 5.41) is 0. The number of nitrogens with one attached hydrogen (secondary N) is 1. The van der Waals surface area contributed by atoms with Crippen LogP contribution < -0.4 is 4.72 Å². The molecule has 2 aromatic rings. The summed E-state index contributed by atoms with van der Waals surface area (Å²) < 4.78 is 25.3. The lowest BCUT2D eigenvalue weighted by Gasteiger charge is -2.04. The topological polar surface area (TPSA) is 59.1 Å². The lowest BCUT2D eigenvalue weighted by atomic mass is 10.1. The van der Waals surface area contributed by atoms with E-state index in [2.05, 4.69) is 9.71 Å². The van der Waals surface area contributed by atoms with Crippen molar-refractivity contribution in [3.8, 4) is 11.1 Å². The van der Waals surface area contributed by atoms with Gasteiger partial charge in [-0.15, -0.1) is 0 Å². The van der Waals surface area contributed by atoms with Gasteiger partial charge in [-0.3, -0.25) is 4.98 Å². The fraction of sp³-hybridized carbons (Fsp3) is 0.0833. The average molecular weight is 248 g/mol. The lowest BCUT2D eigenvalue weighted by Crippen LogP contribution is -2.18. The zero-order chi connectivity index (χ0) is 12.3. The zero-order valence-electron chi connectivity index (χ0n) is 9.29. The van der Waals surface area contributed by atoms with E-state index in [1.54, 1.807) is 36.7 Å². The molecule has 0 fully saturated rings. The molecule has 0 saturated heterocycles. The fourth-order valence-corrected chi connectivity index (χ4v) is 2.21. The molecule has 1 aromatic carbocycles. The smallest absolute Gasteiger partial charge is 0.240 e. The fourth-order valence-electron chi connectivity index (χ4n) is 1.48. The second-order valence-electron chi connectivity index (χ2n) is 3.47. The minimum Gasteiger partial charge on any atom is -0.264 e. The van der Waals surface area contributed by atoms with Gasteiger partial charge < -0.3 is 0 Å². The largest absolute Gasteiger partial charge is 0.264 e. The summed E-state index contributed by atoms with van der Waals surface area (Å²) in [6.07, 6.45) is 3.44. The van der Waals surface area contributed by atoms with Crippen LogP contribution in [-0.2, 0) is 10.0 Å². The van der Waals surface area contributed by atoms with Crippen LogP contribution in [0.2, 0.25) is 0 Å². The van der Waals surface area contributed by atoms with Gasteiger partial charge in [0, 0.05) is 12.4 Å². The van der Waals surface area contributed by atoms with E-state index >= 15 is 0 Å². The highest BCUT2D eigenvalue weighted by Crippen LogP contribution is 2.19. The molecule has 0 unspecified atom stereocenters. The third kappa shape index (κ3) is 2.51.